The lowest BCUT2D eigenvalue weighted by atomic mass is 10.2. The molecule has 0 aliphatic heterocycles. The van der Waals surface area contributed by atoms with Crippen molar-refractivity contribution in [3.05, 3.63) is 64.4 Å². The van der Waals surface area contributed by atoms with E-state index in [-0.39, 0.29) is 0 Å². The van der Waals surface area contributed by atoms with Gasteiger partial charge in [0.2, 0.25) is 5.95 Å². The van der Waals surface area contributed by atoms with Gasteiger partial charge in [0.1, 0.15) is 0 Å². The zero-order valence-electron chi connectivity index (χ0n) is 14.5. The molecule has 0 amide bonds. The average Bonchev–Trinajstić information content (AvgIpc) is 3.17. The molecule has 3 rings (SSSR count). The first-order chi connectivity index (χ1) is 11.6. The summed E-state index contributed by atoms with van der Waals surface area (Å²) in [6, 6.07) is 8.27. The van der Waals surface area contributed by atoms with Crippen molar-refractivity contribution in [3.8, 4) is 5.95 Å². The summed E-state index contributed by atoms with van der Waals surface area (Å²) in [5, 5.41) is 2.18. The van der Waals surface area contributed by atoms with Crippen LogP contribution in [-0.4, -0.2) is 26.0 Å². The molecule has 24 heavy (non-hydrogen) atoms. The third-order valence-electron chi connectivity index (χ3n) is 3.95. The minimum atomic E-state index is 0.627. The SMILES string of the molecule is Cc1ccsc1CN(Cc1cccn1-c1ncccn1)CC(C)C. The Kier molecular flexibility index (Phi) is 5.43. The molecule has 0 fully saturated rings. The molecule has 3 heterocycles. The van der Waals surface area contributed by atoms with Crippen LogP contribution in [0.25, 0.3) is 5.95 Å². The molecule has 5 heteroatoms. The highest BCUT2D eigenvalue weighted by Gasteiger charge is 2.14. The predicted molar refractivity (Wildman–Crippen MR) is 99.4 cm³/mol. The van der Waals surface area contributed by atoms with Crippen molar-refractivity contribution < 1.29 is 0 Å². The lowest BCUT2D eigenvalue weighted by molar-refractivity contribution is 0.225. The van der Waals surface area contributed by atoms with E-state index in [9.17, 15) is 0 Å². The van der Waals surface area contributed by atoms with Crippen LogP contribution in [0.15, 0.2) is 48.2 Å². The van der Waals surface area contributed by atoms with Crippen molar-refractivity contribution in [3.63, 3.8) is 0 Å². The highest BCUT2D eigenvalue weighted by molar-refractivity contribution is 7.10. The number of hydrogen-bond acceptors (Lipinski definition) is 4. The first-order valence-electron chi connectivity index (χ1n) is 8.32. The number of thiophene rings is 1. The smallest absolute Gasteiger partial charge is 0.233 e. The van der Waals surface area contributed by atoms with Crippen molar-refractivity contribution in [2.45, 2.75) is 33.9 Å². The molecule has 0 saturated carbocycles. The third-order valence-corrected chi connectivity index (χ3v) is 4.95. The molecule has 0 radical (unpaired) electrons. The van der Waals surface area contributed by atoms with Crippen LogP contribution in [0.4, 0.5) is 0 Å². The lowest BCUT2D eigenvalue weighted by Gasteiger charge is -2.24. The monoisotopic (exact) mass is 340 g/mol. The number of aryl methyl sites for hydroxylation is 1. The molecule has 4 nitrogen and oxygen atoms in total. The van der Waals surface area contributed by atoms with Gasteiger partial charge in [-0.2, -0.15) is 0 Å². The van der Waals surface area contributed by atoms with Crippen LogP contribution >= 0.6 is 11.3 Å². The van der Waals surface area contributed by atoms with Gasteiger partial charge in [0, 0.05) is 48.8 Å². The van der Waals surface area contributed by atoms with E-state index in [2.05, 4.69) is 63.8 Å². The van der Waals surface area contributed by atoms with Crippen molar-refractivity contribution >= 4 is 11.3 Å². The predicted octanol–water partition coefficient (Wildman–Crippen LogP) is 4.30. The van der Waals surface area contributed by atoms with Gasteiger partial charge in [-0.1, -0.05) is 13.8 Å². The second-order valence-electron chi connectivity index (χ2n) is 6.51. The molecule has 0 aliphatic carbocycles. The minimum absolute atomic E-state index is 0.627. The first-order valence-corrected chi connectivity index (χ1v) is 9.20. The number of aromatic nitrogens is 3. The quantitative estimate of drug-likeness (QED) is 0.643. The van der Waals surface area contributed by atoms with E-state index in [1.165, 1.54) is 16.1 Å². The highest BCUT2D eigenvalue weighted by Crippen LogP contribution is 2.20. The maximum atomic E-state index is 4.38. The summed E-state index contributed by atoms with van der Waals surface area (Å²) < 4.78 is 2.08. The molecule has 126 valence electrons. The van der Waals surface area contributed by atoms with E-state index in [4.69, 9.17) is 0 Å². The van der Waals surface area contributed by atoms with Gasteiger partial charge in [0.25, 0.3) is 0 Å². The summed E-state index contributed by atoms with van der Waals surface area (Å²) in [6.07, 6.45) is 5.61. The summed E-state index contributed by atoms with van der Waals surface area (Å²) in [4.78, 5) is 12.7. The Morgan fingerprint density at radius 3 is 2.58 bits per heavy atom. The molecule has 0 atom stereocenters. The van der Waals surface area contributed by atoms with Crippen LogP contribution in [0.1, 0.15) is 30.0 Å². The van der Waals surface area contributed by atoms with Crippen LogP contribution in [0.3, 0.4) is 0 Å². The Balaban J connectivity index is 1.81. The number of rotatable bonds is 7. The second kappa shape index (κ2) is 7.73. The fourth-order valence-electron chi connectivity index (χ4n) is 2.86. The maximum Gasteiger partial charge on any atom is 0.233 e. The molecule has 0 bridgehead atoms. The molecule has 3 aromatic rings. The standard InChI is InChI=1S/C19H24N4S/c1-15(2)12-22(14-18-16(3)7-11-24-18)13-17-6-4-10-23(17)19-20-8-5-9-21-19/h4-11,15H,12-14H2,1-3H3. The first kappa shape index (κ1) is 16.9. The van der Waals surface area contributed by atoms with Crippen molar-refractivity contribution in [2.75, 3.05) is 6.54 Å². The maximum absolute atomic E-state index is 4.38. The fourth-order valence-corrected chi connectivity index (χ4v) is 3.80. The normalized spacial score (nSPS) is 11.5. The molecule has 0 N–H and O–H groups in total. The molecule has 0 saturated heterocycles. The Bertz CT molecular complexity index is 761. The molecule has 0 aliphatic rings. The Hall–Kier alpha value is -1.98. The topological polar surface area (TPSA) is 34.0 Å². The fraction of sp³-hybridized carbons (Fsp3) is 0.368. The van der Waals surface area contributed by atoms with Crippen LogP contribution in [0.5, 0.6) is 0 Å². The molecule has 0 aromatic carbocycles. The van der Waals surface area contributed by atoms with Gasteiger partial charge in [0.05, 0.1) is 0 Å². The lowest BCUT2D eigenvalue weighted by Crippen LogP contribution is -2.28. The summed E-state index contributed by atoms with van der Waals surface area (Å²) >= 11 is 1.84. The largest absolute Gasteiger partial charge is 0.292 e. The zero-order valence-corrected chi connectivity index (χ0v) is 15.3. The Morgan fingerprint density at radius 1 is 1.12 bits per heavy atom. The zero-order chi connectivity index (χ0) is 16.9. The molecule has 3 aromatic heterocycles. The van der Waals surface area contributed by atoms with Crippen molar-refractivity contribution in [2.24, 2.45) is 5.92 Å². The Labute approximate surface area is 147 Å². The van der Waals surface area contributed by atoms with Crippen LogP contribution in [0.2, 0.25) is 0 Å². The van der Waals surface area contributed by atoms with Gasteiger partial charge in [-0.3, -0.25) is 9.47 Å². The van der Waals surface area contributed by atoms with Gasteiger partial charge in [-0.15, -0.1) is 11.3 Å². The summed E-state index contributed by atoms with van der Waals surface area (Å²) in [7, 11) is 0. The van der Waals surface area contributed by atoms with Crippen molar-refractivity contribution in [1.29, 1.82) is 0 Å². The molecule has 0 unspecified atom stereocenters. The van der Waals surface area contributed by atoms with Crippen LogP contribution in [0, 0.1) is 12.8 Å². The van der Waals surface area contributed by atoms with Gasteiger partial charge in [-0.05, 0) is 48.1 Å². The summed E-state index contributed by atoms with van der Waals surface area (Å²) in [5.74, 6) is 1.36. The second-order valence-corrected chi connectivity index (χ2v) is 7.51. The van der Waals surface area contributed by atoms with E-state index < -0.39 is 0 Å². The minimum Gasteiger partial charge on any atom is -0.292 e. The third kappa shape index (κ3) is 4.10. The van der Waals surface area contributed by atoms with E-state index >= 15 is 0 Å². The van der Waals surface area contributed by atoms with E-state index in [0.717, 1.165) is 25.6 Å². The van der Waals surface area contributed by atoms with E-state index in [1.54, 1.807) is 12.4 Å². The highest BCUT2D eigenvalue weighted by atomic mass is 32.1. The van der Waals surface area contributed by atoms with Gasteiger partial charge in [0.15, 0.2) is 0 Å². The molecule has 0 spiro atoms. The Morgan fingerprint density at radius 2 is 1.92 bits per heavy atom. The van der Waals surface area contributed by atoms with E-state index in [0.29, 0.717) is 5.92 Å². The van der Waals surface area contributed by atoms with Crippen LogP contribution < -0.4 is 0 Å². The van der Waals surface area contributed by atoms with E-state index in [1.807, 2.05) is 23.6 Å². The number of hydrogen-bond donors (Lipinski definition) is 0. The summed E-state index contributed by atoms with van der Waals surface area (Å²) in [6.45, 7) is 9.68. The van der Waals surface area contributed by atoms with Gasteiger partial charge in [-0.25, -0.2) is 9.97 Å². The molecular weight excluding hydrogens is 316 g/mol. The van der Waals surface area contributed by atoms with Gasteiger partial charge >= 0.3 is 0 Å². The number of nitrogens with zero attached hydrogens (tertiary/aromatic N) is 4. The molecular formula is C19H24N4S. The summed E-state index contributed by atoms with van der Waals surface area (Å²) in [5.41, 5.74) is 2.60. The van der Waals surface area contributed by atoms with Gasteiger partial charge < -0.3 is 0 Å². The van der Waals surface area contributed by atoms with Crippen LogP contribution in [-0.2, 0) is 13.1 Å². The van der Waals surface area contributed by atoms with Crippen molar-refractivity contribution in [1.82, 2.24) is 19.4 Å². The average molecular weight is 340 g/mol.